The van der Waals surface area contributed by atoms with Crippen LogP contribution in [0.25, 0.3) is 0 Å². The number of ether oxygens (including phenoxy) is 2. The van der Waals surface area contributed by atoms with Gasteiger partial charge in [-0.2, -0.15) is 0 Å². The van der Waals surface area contributed by atoms with Crippen LogP contribution in [0.1, 0.15) is 64.2 Å². The first-order valence-electron chi connectivity index (χ1n) is 15.1. The molecule has 0 spiro atoms. The van der Waals surface area contributed by atoms with Gasteiger partial charge in [0.05, 0.1) is 0 Å². The molecule has 226 valence electrons. The summed E-state index contributed by atoms with van der Waals surface area (Å²) in [6.07, 6.45) is 0. The second kappa shape index (κ2) is 13.0. The Balaban J connectivity index is 1.69. The van der Waals surface area contributed by atoms with E-state index >= 15 is 0 Å². The van der Waals surface area contributed by atoms with Crippen LogP contribution in [0.4, 0.5) is 0 Å². The van der Waals surface area contributed by atoms with E-state index in [1.54, 1.807) is 6.07 Å². The molecule has 0 aromatic heterocycles. The van der Waals surface area contributed by atoms with Gasteiger partial charge in [-0.15, -0.1) is 0 Å². The zero-order valence-electron chi connectivity index (χ0n) is 26.5. The van der Waals surface area contributed by atoms with Crippen molar-refractivity contribution in [3.05, 3.63) is 144 Å². The van der Waals surface area contributed by atoms with Gasteiger partial charge in [0, 0.05) is 29.2 Å². The fourth-order valence-corrected chi connectivity index (χ4v) is 7.60. The highest BCUT2D eigenvalue weighted by atomic mass is 28.3. The van der Waals surface area contributed by atoms with E-state index in [2.05, 4.69) is 66.7 Å². The molecular formula is C39H42O4Si. The van der Waals surface area contributed by atoms with Crippen molar-refractivity contribution in [1.82, 2.24) is 0 Å². The fourth-order valence-electron chi connectivity index (χ4n) is 5.34. The summed E-state index contributed by atoms with van der Waals surface area (Å²) in [7, 11) is -2.19. The summed E-state index contributed by atoms with van der Waals surface area (Å²) in [6.45, 7) is 12.1. The Morgan fingerprint density at radius 1 is 0.545 bits per heavy atom. The summed E-state index contributed by atoms with van der Waals surface area (Å²) in [5.74, 6) is 1.95. The maximum absolute atomic E-state index is 11.5. The van der Waals surface area contributed by atoms with Gasteiger partial charge in [0.2, 0.25) is 0 Å². The van der Waals surface area contributed by atoms with Gasteiger partial charge in [-0.1, -0.05) is 103 Å². The molecule has 0 aliphatic carbocycles. The summed E-state index contributed by atoms with van der Waals surface area (Å²) < 4.78 is 19.6. The summed E-state index contributed by atoms with van der Waals surface area (Å²) in [4.78, 5) is 0. The Labute approximate surface area is 263 Å². The van der Waals surface area contributed by atoms with Gasteiger partial charge in [-0.05, 0) is 69.6 Å². The van der Waals surface area contributed by atoms with Crippen molar-refractivity contribution in [3.8, 4) is 23.0 Å². The van der Waals surface area contributed by atoms with Crippen LogP contribution in [0, 0.1) is 0 Å². The zero-order chi connectivity index (χ0) is 31.3. The zero-order valence-corrected chi connectivity index (χ0v) is 27.6. The first kappa shape index (κ1) is 31.0. The van der Waals surface area contributed by atoms with Gasteiger partial charge in [-0.3, -0.25) is 0 Å². The lowest BCUT2D eigenvalue weighted by Crippen LogP contribution is -2.47. The Kier molecular flexibility index (Phi) is 9.16. The Morgan fingerprint density at radius 2 is 1.00 bits per heavy atom. The average molecular weight is 603 g/mol. The predicted molar refractivity (Wildman–Crippen MR) is 183 cm³/mol. The molecule has 1 N–H and O–H groups in total. The van der Waals surface area contributed by atoms with Crippen LogP contribution in [-0.4, -0.2) is 25.3 Å². The molecular weight excluding hydrogens is 561 g/mol. The molecule has 0 radical (unpaired) electrons. The molecule has 0 saturated heterocycles. The van der Waals surface area contributed by atoms with Gasteiger partial charge >= 0.3 is 0 Å². The van der Waals surface area contributed by atoms with Crippen molar-refractivity contribution in [2.24, 2.45) is 0 Å². The van der Waals surface area contributed by atoms with E-state index in [1.807, 2.05) is 96.1 Å². The summed E-state index contributed by atoms with van der Waals surface area (Å²) >= 11 is 0. The van der Waals surface area contributed by atoms with Crippen LogP contribution in [0.15, 0.2) is 127 Å². The molecule has 0 aliphatic rings. The molecule has 0 bridgehead atoms. The molecule has 0 aliphatic heterocycles. The largest absolute Gasteiger partial charge is 0.537 e. The van der Waals surface area contributed by atoms with Gasteiger partial charge in [0.25, 0.3) is 9.04 Å². The monoisotopic (exact) mass is 602 g/mol. The maximum Gasteiger partial charge on any atom is 0.299 e. The SMILES string of the molecule is CC(C)(C)Oc1ccc(C(c2ccccc2)c2ccc(OC(C)(C)C)cc2O[SiH](c2ccccc2)c2ccccc2)c(O)c1. The van der Waals surface area contributed by atoms with Gasteiger partial charge in [0.15, 0.2) is 0 Å². The molecule has 5 rings (SSSR count). The Morgan fingerprint density at radius 3 is 1.48 bits per heavy atom. The Hall–Kier alpha value is -4.48. The second-order valence-electron chi connectivity index (χ2n) is 13.0. The van der Waals surface area contributed by atoms with E-state index in [0.717, 1.165) is 28.2 Å². The number of phenols is 1. The highest BCUT2D eigenvalue weighted by Crippen LogP contribution is 2.43. The third-order valence-corrected chi connectivity index (χ3v) is 9.51. The fraction of sp³-hybridized carbons (Fsp3) is 0.231. The molecule has 44 heavy (non-hydrogen) atoms. The van der Waals surface area contributed by atoms with Crippen LogP contribution in [0.3, 0.4) is 0 Å². The van der Waals surface area contributed by atoms with E-state index in [1.165, 1.54) is 10.4 Å². The van der Waals surface area contributed by atoms with Gasteiger partial charge < -0.3 is 19.0 Å². The van der Waals surface area contributed by atoms with Crippen molar-refractivity contribution in [2.45, 2.75) is 58.7 Å². The number of benzene rings is 5. The highest BCUT2D eigenvalue weighted by Gasteiger charge is 2.28. The minimum atomic E-state index is -2.19. The van der Waals surface area contributed by atoms with E-state index in [0.29, 0.717) is 5.75 Å². The van der Waals surface area contributed by atoms with Crippen molar-refractivity contribution in [3.63, 3.8) is 0 Å². The number of hydrogen-bond donors (Lipinski definition) is 1. The lowest BCUT2D eigenvalue weighted by atomic mass is 9.84. The van der Waals surface area contributed by atoms with Crippen LogP contribution < -0.4 is 24.3 Å². The maximum atomic E-state index is 11.5. The molecule has 4 nitrogen and oxygen atoms in total. The van der Waals surface area contributed by atoms with E-state index in [9.17, 15) is 5.11 Å². The standard InChI is InChI=1S/C39H42O4Si/c1-38(2,3)41-29-22-24-33(35(40)26-29)37(28-16-10-7-11-17-28)34-25-23-30(42-39(4,5)6)27-36(34)43-44(31-18-12-8-13-19-31)32-20-14-9-15-21-32/h7-27,37,40,44H,1-6H3. The number of aromatic hydroxyl groups is 1. The molecule has 0 heterocycles. The van der Waals surface area contributed by atoms with Crippen LogP contribution in [0.2, 0.25) is 0 Å². The molecule has 0 fully saturated rings. The molecule has 0 amide bonds. The topological polar surface area (TPSA) is 47.9 Å². The molecule has 5 aromatic carbocycles. The van der Waals surface area contributed by atoms with Crippen LogP contribution in [0.5, 0.6) is 23.0 Å². The minimum Gasteiger partial charge on any atom is -0.537 e. The van der Waals surface area contributed by atoms with E-state index in [4.69, 9.17) is 13.9 Å². The molecule has 0 saturated carbocycles. The number of hydrogen-bond acceptors (Lipinski definition) is 4. The minimum absolute atomic E-state index is 0.168. The Bertz CT molecular complexity index is 1620. The first-order chi connectivity index (χ1) is 21.0. The molecule has 5 aromatic rings. The first-order valence-corrected chi connectivity index (χ1v) is 16.8. The van der Waals surface area contributed by atoms with E-state index < -0.39 is 9.04 Å². The van der Waals surface area contributed by atoms with E-state index in [-0.39, 0.29) is 22.9 Å². The molecule has 5 heteroatoms. The van der Waals surface area contributed by atoms with Crippen molar-refractivity contribution < 1.29 is 19.0 Å². The van der Waals surface area contributed by atoms with Crippen LogP contribution >= 0.6 is 0 Å². The highest BCUT2D eigenvalue weighted by molar-refractivity contribution is 6.80. The summed E-state index contributed by atoms with van der Waals surface area (Å²) in [5.41, 5.74) is 1.99. The van der Waals surface area contributed by atoms with Crippen LogP contribution in [-0.2, 0) is 0 Å². The lowest BCUT2D eigenvalue weighted by molar-refractivity contribution is 0.130. The smallest absolute Gasteiger partial charge is 0.299 e. The number of phenolic OH excluding ortho intramolecular Hbond substituents is 1. The van der Waals surface area contributed by atoms with Crippen molar-refractivity contribution >= 4 is 19.4 Å². The van der Waals surface area contributed by atoms with Gasteiger partial charge in [-0.25, -0.2) is 0 Å². The molecule has 1 unspecified atom stereocenters. The number of rotatable bonds is 9. The predicted octanol–water partition coefficient (Wildman–Crippen LogP) is 7.84. The third-order valence-electron chi connectivity index (χ3n) is 7.04. The average Bonchev–Trinajstić information content (AvgIpc) is 2.98. The normalized spacial score (nSPS) is 12.5. The van der Waals surface area contributed by atoms with Crippen molar-refractivity contribution in [1.29, 1.82) is 0 Å². The molecule has 1 atom stereocenters. The quantitative estimate of drug-likeness (QED) is 0.138. The summed E-state index contributed by atoms with van der Waals surface area (Å²) in [5, 5.41) is 13.8. The second-order valence-corrected chi connectivity index (χ2v) is 15.3. The van der Waals surface area contributed by atoms with Crippen molar-refractivity contribution in [2.75, 3.05) is 0 Å². The van der Waals surface area contributed by atoms with Gasteiger partial charge in [0.1, 0.15) is 34.2 Å². The lowest BCUT2D eigenvalue weighted by Gasteiger charge is -2.28. The third kappa shape index (κ3) is 7.91. The summed E-state index contributed by atoms with van der Waals surface area (Å²) in [6, 6.07) is 42.8.